The van der Waals surface area contributed by atoms with Crippen LogP contribution in [0.4, 0.5) is 4.79 Å². The van der Waals surface area contributed by atoms with Gasteiger partial charge >= 0.3 is 6.09 Å². The summed E-state index contributed by atoms with van der Waals surface area (Å²) in [4.78, 5) is 23.0. The van der Waals surface area contributed by atoms with Crippen LogP contribution in [0.3, 0.4) is 0 Å². The maximum absolute atomic E-state index is 11.7. The van der Waals surface area contributed by atoms with E-state index in [1.54, 1.807) is 45.0 Å². The Morgan fingerprint density at radius 1 is 1.24 bits per heavy atom. The number of amides is 2. The smallest absolute Gasteiger partial charge is 0.407 e. The molecule has 0 fully saturated rings. The number of benzene rings is 1. The van der Waals surface area contributed by atoms with Crippen LogP contribution in [-0.4, -0.2) is 24.1 Å². The normalized spacial score (nSPS) is 12.4. The Morgan fingerprint density at radius 2 is 1.81 bits per heavy atom. The van der Waals surface area contributed by atoms with Gasteiger partial charge in [-0.05, 0) is 38.5 Å². The average molecular weight is 313 g/mol. The van der Waals surface area contributed by atoms with Gasteiger partial charge in [0.2, 0.25) is 5.91 Å². The van der Waals surface area contributed by atoms with Gasteiger partial charge in [0, 0.05) is 18.5 Å². The van der Waals surface area contributed by atoms with E-state index in [0.717, 1.165) is 5.56 Å². The first-order valence-electron chi connectivity index (χ1n) is 6.67. The Labute approximate surface area is 130 Å². The van der Waals surface area contributed by atoms with Gasteiger partial charge in [0.05, 0.1) is 6.04 Å². The monoisotopic (exact) mass is 312 g/mol. The van der Waals surface area contributed by atoms with Crippen molar-refractivity contribution in [1.82, 2.24) is 10.6 Å². The molecule has 0 aliphatic heterocycles. The Bertz CT molecular complexity index is 495. The average Bonchev–Trinajstić information content (AvgIpc) is 2.33. The second-order valence-electron chi connectivity index (χ2n) is 5.69. The van der Waals surface area contributed by atoms with Crippen LogP contribution in [0.25, 0.3) is 0 Å². The van der Waals surface area contributed by atoms with Gasteiger partial charge < -0.3 is 15.4 Å². The van der Waals surface area contributed by atoms with Crippen molar-refractivity contribution in [3.8, 4) is 0 Å². The Balaban J connectivity index is 2.69. The van der Waals surface area contributed by atoms with Gasteiger partial charge in [-0.15, -0.1) is 0 Å². The Morgan fingerprint density at radius 3 is 2.29 bits per heavy atom. The van der Waals surface area contributed by atoms with Crippen LogP contribution in [0, 0.1) is 0 Å². The SMILES string of the molecule is CC(=O)NC(CNC(=O)OC(C)(C)C)c1ccc(Cl)cc1. The first-order valence-corrected chi connectivity index (χ1v) is 7.04. The largest absolute Gasteiger partial charge is 0.444 e. The Kier molecular flexibility index (Phi) is 6.03. The molecule has 0 radical (unpaired) electrons. The van der Waals surface area contributed by atoms with E-state index in [0.29, 0.717) is 5.02 Å². The molecule has 0 heterocycles. The summed E-state index contributed by atoms with van der Waals surface area (Å²) < 4.78 is 5.16. The predicted molar refractivity (Wildman–Crippen MR) is 82.2 cm³/mol. The summed E-state index contributed by atoms with van der Waals surface area (Å²) >= 11 is 5.85. The van der Waals surface area contributed by atoms with E-state index in [9.17, 15) is 9.59 Å². The van der Waals surface area contributed by atoms with Crippen molar-refractivity contribution in [2.24, 2.45) is 0 Å². The van der Waals surface area contributed by atoms with Gasteiger partial charge in [0.25, 0.3) is 0 Å². The van der Waals surface area contributed by atoms with Gasteiger partial charge in [-0.25, -0.2) is 4.79 Å². The number of alkyl carbamates (subject to hydrolysis) is 1. The summed E-state index contributed by atoms with van der Waals surface area (Å²) in [6, 6.07) is 6.74. The van der Waals surface area contributed by atoms with E-state index in [2.05, 4.69) is 10.6 Å². The topological polar surface area (TPSA) is 67.4 Å². The lowest BCUT2D eigenvalue weighted by Crippen LogP contribution is -2.39. The fraction of sp³-hybridized carbons (Fsp3) is 0.467. The van der Waals surface area contributed by atoms with E-state index < -0.39 is 11.7 Å². The molecule has 21 heavy (non-hydrogen) atoms. The third-order valence-corrected chi connectivity index (χ3v) is 2.75. The first-order chi connectivity index (χ1) is 9.67. The zero-order valence-electron chi connectivity index (χ0n) is 12.7. The van der Waals surface area contributed by atoms with Crippen LogP contribution in [0.15, 0.2) is 24.3 Å². The number of carbonyl (C=O) groups excluding carboxylic acids is 2. The number of carbonyl (C=O) groups is 2. The van der Waals surface area contributed by atoms with Crippen LogP contribution in [-0.2, 0) is 9.53 Å². The second-order valence-corrected chi connectivity index (χ2v) is 6.12. The van der Waals surface area contributed by atoms with Gasteiger partial charge in [0.1, 0.15) is 5.60 Å². The minimum Gasteiger partial charge on any atom is -0.444 e. The van der Waals surface area contributed by atoms with Crippen LogP contribution in [0.2, 0.25) is 5.02 Å². The molecular weight excluding hydrogens is 292 g/mol. The molecule has 6 heteroatoms. The van der Waals surface area contributed by atoms with E-state index in [4.69, 9.17) is 16.3 Å². The third kappa shape index (κ3) is 6.99. The van der Waals surface area contributed by atoms with Gasteiger partial charge in [-0.1, -0.05) is 23.7 Å². The van der Waals surface area contributed by atoms with Crippen molar-refractivity contribution in [2.45, 2.75) is 39.3 Å². The fourth-order valence-corrected chi connectivity index (χ4v) is 1.82. The summed E-state index contributed by atoms with van der Waals surface area (Å²) in [6.07, 6.45) is -0.521. The van der Waals surface area contributed by atoms with Gasteiger partial charge in [0.15, 0.2) is 0 Å². The molecular formula is C15H21ClN2O3. The molecule has 0 bridgehead atoms. The molecule has 0 aromatic heterocycles. The molecule has 1 aromatic rings. The predicted octanol–water partition coefficient (Wildman–Crippen LogP) is 3.04. The fourth-order valence-electron chi connectivity index (χ4n) is 1.69. The summed E-state index contributed by atoms with van der Waals surface area (Å²) in [5.41, 5.74) is 0.291. The zero-order chi connectivity index (χ0) is 16.0. The summed E-state index contributed by atoms with van der Waals surface area (Å²) in [7, 11) is 0. The molecule has 0 aliphatic rings. The molecule has 1 atom stereocenters. The van der Waals surface area contributed by atoms with E-state index >= 15 is 0 Å². The van der Waals surface area contributed by atoms with Crippen LogP contribution in [0.5, 0.6) is 0 Å². The molecule has 0 spiro atoms. The minimum atomic E-state index is -0.562. The van der Waals surface area contributed by atoms with Gasteiger partial charge in [-0.2, -0.15) is 0 Å². The number of ether oxygens (including phenoxy) is 1. The maximum atomic E-state index is 11.7. The van der Waals surface area contributed by atoms with Crippen molar-refractivity contribution in [3.05, 3.63) is 34.9 Å². The van der Waals surface area contributed by atoms with Crippen LogP contribution < -0.4 is 10.6 Å². The molecule has 1 unspecified atom stereocenters. The molecule has 1 rings (SSSR count). The maximum Gasteiger partial charge on any atom is 0.407 e. The van der Waals surface area contributed by atoms with Crippen molar-refractivity contribution in [3.63, 3.8) is 0 Å². The standard InChI is InChI=1S/C15H21ClN2O3/c1-10(19)18-13(11-5-7-12(16)8-6-11)9-17-14(20)21-15(2,3)4/h5-8,13H,9H2,1-4H3,(H,17,20)(H,18,19). The van der Waals surface area contributed by atoms with E-state index in [1.807, 2.05) is 0 Å². The lowest BCUT2D eigenvalue weighted by atomic mass is 10.1. The van der Waals surface area contributed by atoms with Gasteiger partial charge in [-0.3, -0.25) is 4.79 Å². The first kappa shape index (κ1) is 17.3. The summed E-state index contributed by atoms with van der Waals surface area (Å²) in [5.74, 6) is -0.180. The van der Waals surface area contributed by atoms with Crippen molar-refractivity contribution in [2.75, 3.05) is 6.54 Å². The van der Waals surface area contributed by atoms with Crippen LogP contribution >= 0.6 is 11.6 Å². The number of rotatable bonds is 4. The molecule has 2 N–H and O–H groups in total. The number of halogens is 1. The van der Waals surface area contributed by atoms with Crippen molar-refractivity contribution < 1.29 is 14.3 Å². The highest BCUT2D eigenvalue weighted by Gasteiger charge is 2.18. The van der Waals surface area contributed by atoms with Crippen molar-refractivity contribution >= 4 is 23.6 Å². The second kappa shape index (κ2) is 7.31. The molecule has 0 aliphatic carbocycles. The quantitative estimate of drug-likeness (QED) is 0.898. The lowest BCUT2D eigenvalue weighted by molar-refractivity contribution is -0.119. The highest BCUT2D eigenvalue weighted by molar-refractivity contribution is 6.30. The molecule has 1 aromatic carbocycles. The lowest BCUT2D eigenvalue weighted by Gasteiger charge is -2.22. The molecule has 0 saturated heterocycles. The summed E-state index contributed by atoms with van der Waals surface area (Å²) in [5, 5.41) is 6.04. The third-order valence-electron chi connectivity index (χ3n) is 2.50. The molecule has 5 nitrogen and oxygen atoms in total. The number of nitrogens with one attached hydrogen (secondary N) is 2. The molecule has 0 saturated carbocycles. The van der Waals surface area contributed by atoms with E-state index in [1.165, 1.54) is 6.92 Å². The van der Waals surface area contributed by atoms with E-state index in [-0.39, 0.29) is 18.5 Å². The van der Waals surface area contributed by atoms with Crippen molar-refractivity contribution in [1.29, 1.82) is 0 Å². The Hall–Kier alpha value is -1.75. The summed E-state index contributed by atoms with van der Waals surface area (Å²) in [6.45, 7) is 7.03. The van der Waals surface area contributed by atoms with Crippen LogP contribution in [0.1, 0.15) is 39.3 Å². The molecule has 116 valence electrons. The molecule has 2 amide bonds. The highest BCUT2D eigenvalue weighted by atomic mass is 35.5. The highest BCUT2D eigenvalue weighted by Crippen LogP contribution is 2.16. The minimum absolute atomic E-state index is 0.180. The number of hydrogen-bond donors (Lipinski definition) is 2. The number of hydrogen-bond acceptors (Lipinski definition) is 3. The zero-order valence-corrected chi connectivity index (χ0v) is 13.5.